The van der Waals surface area contributed by atoms with E-state index >= 15 is 0 Å². The first-order chi connectivity index (χ1) is 9.72. The maximum atomic E-state index is 6.03. The van der Waals surface area contributed by atoms with E-state index in [1.165, 1.54) is 0 Å². The third-order valence-electron chi connectivity index (χ3n) is 2.97. The molecule has 3 rings (SSSR count). The highest BCUT2D eigenvalue weighted by molar-refractivity contribution is 6.31. The minimum absolute atomic E-state index is 0.662. The third-order valence-corrected chi connectivity index (χ3v) is 3.46. The number of benzene rings is 2. The monoisotopic (exact) mass is 303 g/mol. The quantitative estimate of drug-likeness (QED) is 0.771. The molecular weight excluding hydrogens is 293 g/mol. The Hall–Kier alpha value is -1.84. The van der Waals surface area contributed by atoms with Crippen LogP contribution in [-0.4, -0.2) is 9.97 Å². The van der Waals surface area contributed by atoms with Crippen LogP contribution in [0.25, 0.3) is 10.9 Å². The first kappa shape index (κ1) is 13.2. The van der Waals surface area contributed by atoms with Crippen LogP contribution in [0.5, 0.6) is 0 Å². The van der Waals surface area contributed by atoms with Gasteiger partial charge in [0.15, 0.2) is 0 Å². The molecule has 0 aliphatic heterocycles. The number of nitrogens with one attached hydrogen (secondary N) is 1. The molecule has 0 unspecified atom stereocenters. The predicted molar refractivity (Wildman–Crippen MR) is 83.3 cm³/mol. The number of rotatable bonds is 3. The van der Waals surface area contributed by atoms with Crippen molar-refractivity contribution in [3.8, 4) is 0 Å². The van der Waals surface area contributed by atoms with Crippen LogP contribution < -0.4 is 5.32 Å². The molecule has 100 valence electrons. The van der Waals surface area contributed by atoms with Gasteiger partial charge in [0.05, 0.1) is 5.52 Å². The van der Waals surface area contributed by atoms with E-state index in [2.05, 4.69) is 15.3 Å². The lowest BCUT2D eigenvalue weighted by molar-refractivity contribution is 1.10. The highest BCUT2D eigenvalue weighted by atomic mass is 35.5. The van der Waals surface area contributed by atoms with Crippen molar-refractivity contribution in [3.63, 3.8) is 0 Å². The van der Waals surface area contributed by atoms with Crippen molar-refractivity contribution in [2.45, 2.75) is 6.54 Å². The molecule has 2 aromatic carbocycles. The number of aromatic nitrogens is 2. The lowest BCUT2D eigenvalue weighted by Crippen LogP contribution is -2.02. The molecule has 3 aromatic rings. The molecule has 0 spiro atoms. The van der Waals surface area contributed by atoms with Crippen molar-refractivity contribution in [2.24, 2.45) is 0 Å². The first-order valence-corrected chi connectivity index (χ1v) is 6.86. The molecular formula is C15H11Cl2N3. The topological polar surface area (TPSA) is 37.8 Å². The summed E-state index contributed by atoms with van der Waals surface area (Å²) in [6.45, 7) is 0.662. The van der Waals surface area contributed by atoms with Crippen LogP contribution in [0.4, 0.5) is 5.82 Å². The summed E-state index contributed by atoms with van der Waals surface area (Å²) in [6.07, 6.45) is 1.54. The summed E-state index contributed by atoms with van der Waals surface area (Å²) in [5.74, 6) is 0.771. The summed E-state index contributed by atoms with van der Waals surface area (Å²) in [4.78, 5) is 8.50. The van der Waals surface area contributed by atoms with Gasteiger partial charge in [-0.2, -0.15) is 0 Å². The normalized spacial score (nSPS) is 10.7. The minimum atomic E-state index is 0.662. The van der Waals surface area contributed by atoms with E-state index in [0.29, 0.717) is 11.6 Å². The highest BCUT2D eigenvalue weighted by Gasteiger charge is 2.04. The van der Waals surface area contributed by atoms with Crippen molar-refractivity contribution in [1.82, 2.24) is 9.97 Å². The zero-order chi connectivity index (χ0) is 13.9. The molecule has 0 atom stereocenters. The maximum Gasteiger partial charge on any atom is 0.137 e. The average Bonchev–Trinajstić information content (AvgIpc) is 2.47. The van der Waals surface area contributed by atoms with Gasteiger partial charge in [0.2, 0.25) is 0 Å². The summed E-state index contributed by atoms with van der Waals surface area (Å²) in [5, 5.41) is 5.61. The smallest absolute Gasteiger partial charge is 0.137 e. The summed E-state index contributed by atoms with van der Waals surface area (Å²) in [6, 6.07) is 13.3. The molecule has 0 amide bonds. The first-order valence-electron chi connectivity index (χ1n) is 6.11. The second-order valence-corrected chi connectivity index (χ2v) is 5.24. The number of nitrogens with zero attached hydrogens (tertiary/aromatic N) is 2. The molecule has 0 fully saturated rings. The summed E-state index contributed by atoms with van der Waals surface area (Å²) >= 11 is 11.9. The van der Waals surface area contributed by atoms with Crippen molar-refractivity contribution in [2.75, 3.05) is 5.32 Å². The largest absolute Gasteiger partial charge is 0.365 e. The van der Waals surface area contributed by atoms with Crippen molar-refractivity contribution >= 4 is 39.9 Å². The second-order valence-electron chi connectivity index (χ2n) is 4.36. The molecule has 0 saturated carbocycles. The molecule has 20 heavy (non-hydrogen) atoms. The van der Waals surface area contributed by atoms with Gasteiger partial charge in [-0.25, -0.2) is 9.97 Å². The zero-order valence-electron chi connectivity index (χ0n) is 10.5. The highest BCUT2D eigenvalue weighted by Crippen LogP contribution is 2.23. The van der Waals surface area contributed by atoms with Gasteiger partial charge in [0, 0.05) is 22.0 Å². The summed E-state index contributed by atoms with van der Waals surface area (Å²) in [5.41, 5.74) is 1.99. The molecule has 1 aromatic heterocycles. The molecule has 5 heteroatoms. The van der Waals surface area contributed by atoms with Crippen LogP contribution in [-0.2, 0) is 6.54 Å². The second kappa shape index (κ2) is 5.65. The molecule has 0 bridgehead atoms. The predicted octanol–water partition coefficient (Wildman–Crippen LogP) is 4.55. The fourth-order valence-electron chi connectivity index (χ4n) is 1.96. The molecule has 1 N–H and O–H groups in total. The van der Waals surface area contributed by atoms with Crippen molar-refractivity contribution in [1.29, 1.82) is 0 Å². The van der Waals surface area contributed by atoms with Crippen LogP contribution in [0, 0.1) is 0 Å². The molecule has 0 aliphatic rings. The van der Waals surface area contributed by atoms with Gasteiger partial charge in [-0.1, -0.05) is 35.3 Å². The number of halogens is 2. The number of fused-ring (bicyclic) bond motifs is 1. The third kappa shape index (κ3) is 2.84. The minimum Gasteiger partial charge on any atom is -0.365 e. The lowest BCUT2D eigenvalue weighted by Gasteiger charge is -2.08. The molecule has 0 saturated heterocycles. The molecule has 0 radical (unpaired) electrons. The average molecular weight is 304 g/mol. The SMILES string of the molecule is Clc1ccc(CNc2ncnc3ccc(Cl)cc23)cc1. The number of anilines is 1. The molecule has 0 aliphatic carbocycles. The Kier molecular flexibility index (Phi) is 3.72. The van der Waals surface area contributed by atoms with E-state index in [4.69, 9.17) is 23.2 Å². The lowest BCUT2D eigenvalue weighted by atomic mass is 10.2. The van der Waals surface area contributed by atoms with Gasteiger partial charge in [-0.3, -0.25) is 0 Å². The standard InChI is InChI=1S/C15H11Cl2N3/c16-11-3-1-10(2-4-11)8-18-15-13-7-12(17)5-6-14(13)19-9-20-15/h1-7,9H,8H2,(H,18,19,20). The van der Waals surface area contributed by atoms with E-state index in [-0.39, 0.29) is 0 Å². The van der Waals surface area contributed by atoms with E-state index in [9.17, 15) is 0 Å². The van der Waals surface area contributed by atoms with Gasteiger partial charge in [-0.15, -0.1) is 0 Å². The summed E-state index contributed by atoms with van der Waals surface area (Å²) < 4.78 is 0. The Labute approximate surface area is 126 Å². The van der Waals surface area contributed by atoms with Crippen LogP contribution >= 0.6 is 23.2 Å². The number of hydrogen-bond donors (Lipinski definition) is 1. The Morgan fingerprint density at radius 1 is 0.900 bits per heavy atom. The van der Waals surface area contributed by atoms with Crippen LogP contribution in [0.15, 0.2) is 48.8 Å². The van der Waals surface area contributed by atoms with Gasteiger partial charge in [0.25, 0.3) is 0 Å². The van der Waals surface area contributed by atoms with E-state index < -0.39 is 0 Å². The Morgan fingerprint density at radius 2 is 1.65 bits per heavy atom. The Bertz CT molecular complexity index is 742. The maximum absolute atomic E-state index is 6.03. The van der Waals surface area contributed by atoms with Gasteiger partial charge >= 0.3 is 0 Å². The van der Waals surface area contributed by atoms with Crippen LogP contribution in [0.1, 0.15) is 5.56 Å². The fourth-order valence-corrected chi connectivity index (χ4v) is 2.26. The van der Waals surface area contributed by atoms with Crippen molar-refractivity contribution < 1.29 is 0 Å². The summed E-state index contributed by atoms with van der Waals surface area (Å²) in [7, 11) is 0. The molecule has 3 nitrogen and oxygen atoms in total. The van der Waals surface area contributed by atoms with Crippen molar-refractivity contribution in [3.05, 3.63) is 64.4 Å². The Morgan fingerprint density at radius 3 is 2.45 bits per heavy atom. The zero-order valence-corrected chi connectivity index (χ0v) is 12.0. The number of hydrogen-bond acceptors (Lipinski definition) is 3. The molecule has 1 heterocycles. The van der Waals surface area contributed by atoms with Gasteiger partial charge < -0.3 is 5.32 Å². The van der Waals surface area contributed by atoms with Crippen LogP contribution in [0.2, 0.25) is 10.0 Å². The van der Waals surface area contributed by atoms with E-state index in [1.807, 2.05) is 42.5 Å². The Balaban J connectivity index is 1.87. The van der Waals surface area contributed by atoms with Gasteiger partial charge in [-0.05, 0) is 35.9 Å². The van der Waals surface area contributed by atoms with Crippen LogP contribution in [0.3, 0.4) is 0 Å². The van der Waals surface area contributed by atoms with E-state index in [0.717, 1.165) is 27.3 Å². The fraction of sp³-hybridized carbons (Fsp3) is 0.0667. The van der Waals surface area contributed by atoms with E-state index in [1.54, 1.807) is 6.33 Å². The van der Waals surface area contributed by atoms with Gasteiger partial charge in [0.1, 0.15) is 12.1 Å².